The predicted molar refractivity (Wildman–Crippen MR) is 85.6 cm³/mol. The molecule has 0 fully saturated rings. The highest BCUT2D eigenvalue weighted by Crippen LogP contribution is 2.30. The number of halogens is 3. The Labute approximate surface area is 136 Å². The average Bonchev–Trinajstić information content (AvgIpc) is 2.40. The van der Waals surface area contributed by atoms with Gasteiger partial charge in [-0.1, -0.05) is 39.1 Å². The van der Waals surface area contributed by atoms with E-state index >= 15 is 0 Å². The third-order valence-electron chi connectivity index (χ3n) is 2.81. The number of hydrogen-bond acceptors (Lipinski definition) is 2. The molecule has 0 saturated heterocycles. The molecule has 106 valence electrons. The molecule has 2 rings (SSSR count). The van der Waals surface area contributed by atoms with Gasteiger partial charge in [0.1, 0.15) is 12.4 Å². The van der Waals surface area contributed by atoms with Gasteiger partial charge < -0.3 is 9.84 Å². The first-order chi connectivity index (χ1) is 9.47. The van der Waals surface area contributed by atoms with Gasteiger partial charge in [0.25, 0.3) is 0 Å². The molecule has 2 aromatic carbocycles. The van der Waals surface area contributed by atoms with Gasteiger partial charge in [-0.15, -0.1) is 0 Å². The quantitative estimate of drug-likeness (QED) is 0.776. The molecule has 20 heavy (non-hydrogen) atoms. The van der Waals surface area contributed by atoms with Gasteiger partial charge in [-0.05, 0) is 43.3 Å². The lowest BCUT2D eigenvalue weighted by Gasteiger charge is -2.14. The minimum Gasteiger partial charge on any atom is -0.488 e. The van der Waals surface area contributed by atoms with E-state index in [0.717, 1.165) is 15.6 Å². The maximum absolute atomic E-state index is 9.78. The summed E-state index contributed by atoms with van der Waals surface area (Å²) >= 11 is 15.4. The SMILES string of the molecule is C[C@H](O)c1cc(Br)ccc1OCc1cc(Cl)ccc1Cl. The molecule has 0 heterocycles. The van der Waals surface area contributed by atoms with E-state index in [9.17, 15) is 5.11 Å². The van der Waals surface area contributed by atoms with Crippen LogP contribution < -0.4 is 4.74 Å². The van der Waals surface area contributed by atoms with Crippen LogP contribution in [-0.4, -0.2) is 5.11 Å². The predicted octanol–water partition coefficient (Wildman–Crippen LogP) is 5.39. The van der Waals surface area contributed by atoms with E-state index in [1.165, 1.54) is 0 Å². The maximum Gasteiger partial charge on any atom is 0.125 e. The van der Waals surface area contributed by atoms with Crippen LogP contribution in [0.5, 0.6) is 5.75 Å². The summed E-state index contributed by atoms with van der Waals surface area (Å²) in [4.78, 5) is 0. The molecular weight excluding hydrogens is 363 g/mol. The van der Waals surface area contributed by atoms with E-state index in [4.69, 9.17) is 27.9 Å². The summed E-state index contributed by atoms with van der Waals surface area (Å²) < 4.78 is 6.64. The van der Waals surface area contributed by atoms with Crippen LogP contribution in [0.3, 0.4) is 0 Å². The molecule has 1 atom stereocenters. The van der Waals surface area contributed by atoms with Crippen LogP contribution >= 0.6 is 39.1 Å². The van der Waals surface area contributed by atoms with Crippen LogP contribution in [0, 0.1) is 0 Å². The Hall–Kier alpha value is -0.740. The molecule has 0 saturated carbocycles. The lowest BCUT2D eigenvalue weighted by molar-refractivity contribution is 0.190. The summed E-state index contributed by atoms with van der Waals surface area (Å²) in [5.41, 5.74) is 1.52. The molecule has 0 spiro atoms. The van der Waals surface area contributed by atoms with E-state index < -0.39 is 6.10 Å². The van der Waals surface area contributed by atoms with Gasteiger partial charge in [0.15, 0.2) is 0 Å². The Bertz CT molecular complexity index is 615. The fraction of sp³-hybridized carbons (Fsp3) is 0.200. The molecule has 0 aliphatic rings. The Morgan fingerprint density at radius 3 is 2.65 bits per heavy atom. The standard InChI is InChI=1S/C15H13BrCl2O2/c1-9(19)13-7-11(16)2-5-15(13)20-8-10-6-12(17)3-4-14(10)18/h2-7,9,19H,8H2,1H3/t9-/m0/s1. The number of aliphatic hydroxyl groups is 1. The molecule has 2 nitrogen and oxygen atoms in total. The third-order valence-corrected chi connectivity index (χ3v) is 3.91. The van der Waals surface area contributed by atoms with E-state index in [2.05, 4.69) is 15.9 Å². The van der Waals surface area contributed by atoms with Crippen molar-refractivity contribution in [3.05, 3.63) is 62.0 Å². The second kappa shape index (κ2) is 6.81. The maximum atomic E-state index is 9.78. The highest BCUT2D eigenvalue weighted by atomic mass is 79.9. The van der Waals surface area contributed by atoms with Crippen LogP contribution in [0.15, 0.2) is 40.9 Å². The van der Waals surface area contributed by atoms with E-state index in [1.807, 2.05) is 18.2 Å². The molecule has 0 aromatic heterocycles. The van der Waals surface area contributed by atoms with Crippen molar-refractivity contribution in [2.45, 2.75) is 19.6 Å². The number of rotatable bonds is 4. The number of aliphatic hydroxyl groups excluding tert-OH is 1. The van der Waals surface area contributed by atoms with Gasteiger partial charge in [-0.3, -0.25) is 0 Å². The summed E-state index contributed by atoms with van der Waals surface area (Å²) in [5, 5.41) is 11.0. The second-order valence-corrected chi connectivity index (χ2v) is 6.14. The Morgan fingerprint density at radius 1 is 1.20 bits per heavy atom. The molecule has 0 amide bonds. The molecule has 0 radical (unpaired) electrons. The minimum absolute atomic E-state index is 0.292. The van der Waals surface area contributed by atoms with Crippen LogP contribution in [0.2, 0.25) is 10.0 Å². The number of benzene rings is 2. The first-order valence-electron chi connectivity index (χ1n) is 6.01. The Kier molecular flexibility index (Phi) is 5.33. The fourth-order valence-corrected chi connectivity index (χ4v) is 2.53. The fourth-order valence-electron chi connectivity index (χ4n) is 1.79. The van der Waals surface area contributed by atoms with Gasteiger partial charge in [0.05, 0.1) is 6.10 Å². The van der Waals surface area contributed by atoms with E-state index in [0.29, 0.717) is 22.4 Å². The zero-order valence-corrected chi connectivity index (χ0v) is 13.8. The second-order valence-electron chi connectivity index (χ2n) is 4.38. The highest BCUT2D eigenvalue weighted by molar-refractivity contribution is 9.10. The summed E-state index contributed by atoms with van der Waals surface area (Å²) in [6.07, 6.45) is -0.614. The average molecular weight is 376 g/mol. The van der Waals surface area contributed by atoms with Crippen molar-refractivity contribution in [1.82, 2.24) is 0 Å². The van der Waals surface area contributed by atoms with Crippen LogP contribution in [0.1, 0.15) is 24.2 Å². The molecule has 0 aliphatic carbocycles. The largest absolute Gasteiger partial charge is 0.488 e. The smallest absolute Gasteiger partial charge is 0.125 e. The Morgan fingerprint density at radius 2 is 1.95 bits per heavy atom. The van der Waals surface area contributed by atoms with Crippen molar-refractivity contribution in [1.29, 1.82) is 0 Å². The van der Waals surface area contributed by atoms with Crippen molar-refractivity contribution < 1.29 is 9.84 Å². The monoisotopic (exact) mass is 374 g/mol. The molecule has 0 aliphatic heterocycles. The van der Waals surface area contributed by atoms with Gasteiger partial charge in [-0.25, -0.2) is 0 Å². The van der Waals surface area contributed by atoms with E-state index in [-0.39, 0.29) is 0 Å². The molecule has 5 heteroatoms. The number of ether oxygens (including phenoxy) is 1. The normalized spacial score (nSPS) is 12.2. The van der Waals surface area contributed by atoms with Crippen molar-refractivity contribution in [3.63, 3.8) is 0 Å². The van der Waals surface area contributed by atoms with E-state index in [1.54, 1.807) is 25.1 Å². The van der Waals surface area contributed by atoms with Gasteiger partial charge in [-0.2, -0.15) is 0 Å². The Balaban J connectivity index is 2.20. The van der Waals surface area contributed by atoms with Gasteiger partial charge >= 0.3 is 0 Å². The third kappa shape index (κ3) is 3.89. The summed E-state index contributed by atoms with van der Waals surface area (Å²) in [5.74, 6) is 0.624. The first kappa shape index (κ1) is 15.6. The van der Waals surface area contributed by atoms with Gasteiger partial charge in [0.2, 0.25) is 0 Å². The van der Waals surface area contributed by atoms with Crippen molar-refractivity contribution in [3.8, 4) is 5.75 Å². The minimum atomic E-state index is -0.614. The molecular formula is C15H13BrCl2O2. The zero-order valence-electron chi connectivity index (χ0n) is 10.7. The molecule has 2 aromatic rings. The van der Waals surface area contributed by atoms with Crippen molar-refractivity contribution in [2.24, 2.45) is 0 Å². The first-order valence-corrected chi connectivity index (χ1v) is 7.56. The lowest BCUT2D eigenvalue weighted by atomic mass is 10.1. The van der Waals surface area contributed by atoms with Crippen LogP contribution in [0.4, 0.5) is 0 Å². The zero-order chi connectivity index (χ0) is 14.7. The molecule has 0 bridgehead atoms. The van der Waals surface area contributed by atoms with Crippen molar-refractivity contribution >= 4 is 39.1 Å². The lowest BCUT2D eigenvalue weighted by Crippen LogP contribution is -2.01. The topological polar surface area (TPSA) is 29.5 Å². The van der Waals surface area contributed by atoms with Gasteiger partial charge in [0, 0.05) is 25.6 Å². The number of hydrogen-bond donors (Lipinski definition) is 1. The van der Waals surface area contributed by atoms with Crippen LogP contribution in [-0.2, 0) is 6.61 Å². The summed E-state index contributed by atoms with van der Waals surface area (Å²) in [6.45, 7) is 1.99. The molecule has 0 unspecified atom stereocenters. The van der Waals surface area contributed by atoms with Crippen LogP contribution in [0.25, 0.3) is 0 Å². The summed E-state index contributed by atoms with van der Waals surface area (Å²) in [6, 6.07) is 10.7. The molecule has 1 N–H and O–H groups in total. The van der Waals surface area contributed by atoms with Crippen molar-refractivity contribution in [2.75, 3.05) is 0 Å². The highest BCUT2D eigenvalue weighted by Gasteiger charge is 2.11. The summed E-state index contributed by atoms with van der Waals surface area (Å²) in [7, 11) is 0.